The first-order chi connectivity index (χ1) is 19.8. The molecule has 10 nitrogen and oxygen atoms in total. The number of primary amides is 1. The Labute approximate surface area is 242 Å². The standard InChI is InChI=1S/C29H39F3N6O4/c1-28(2)16-22-25(23(39)17-28)26(29(30,31)32)35-38(22)19-8-9-20(27(33)41)21(15-19)34-18-10-13-37(14-11-18)12-6-4-3-5-7-24(40)36-42/h8-9,15,18,34,42H,3-7,10-14,16-17H2,1-2H3,(H2,33,41)(H,36,40). The first kappa shape index (κ1) is 31.5. The number of halogens is 3. The predicted molar refractivity (Wildman–Crippen MR) is 150 cm³/mol. The number of hydrogen-bond acceptors (Lipinski definition) is 7. The topological polar surface area (TPSA) is 143 Å². The second kappa shape index (κ2) is 12.8. The highest BCUT2D eigenvalue weighted by atomic mass is 19.4. The molecule has 0 radical (unpaired) electrons. The summed E-state index contributed by atoms with van der Waals surface area (Å²) in [6.45, 7) is 6.30. The van der Waals surface area contributed by atoms with Crippen molar-refractivity contribution in [2.24, 2.45) is 11.1 Å². The Morgan fingerprint density at radius 3 is 2.45 bits per heavy atom. The number of anilines is 1. The van der Waals surface area contributed by atoms with Crippen molar-refractivity contribution in [2.45, 2.75) is 83.9 Å². The molecule has 1 aliphatic carbocycles. The number of hydrogen-bond donors (Lipinski definition) is 4. The number of hydroxylamine groups is 1. The van der Waals surface area contributed by atoms with Gasteiger partial charge < -0.3 is 16.0 Å². The number of likely N-dealkylation sites (tertiary alicyclic amines) is 1. The fourth-order valence-corrected chi connectivity index (χ4v) is 5.91. The zero-order chi connectivity index (χ0) is 30.7. The number of alkyl halides is 3. The number of carbonyl (C=O) groups is 3. The van der Waals surface area contributed by atoms with Crippen LogP contribution in [0.25, 0.3) is 5.69 Å². The van der Waals surface area contributed by atoms with Gasteiger partial charge in [0.05, 0.1) is 22.5 Å². The summed E-state index contributed by atoms with van der Waals surface area (Å²) in [5, 5.41) is 15.8. The van der Waals surface area contributed by atoms with Crippen LogP contribution in [0.4, 0.5) is 18.9 Å². The van der Waals surface area contributed by atoms with E-state index in [1.165, 1.54) is 16.8 Å². The van der Waals surface area contributed by atoms with Crippen LogP contribution < -0.4 is 16.5 Å². The van der Waals surface area contributed by atoms with Gasteiger partial charge in [-0.1, -0.05) is 26.7 Å². The predicted octanol–water partition coefficient (Wildman–Crippen LogP) is 4.48. The van der Waals surface area contributed by atoms with E-state index in [4.69, 9.17) is 10.9 Å². The number of benzene rings is 1. The molecule has 1 saturated heterocycles. The molecule has 230 valence electrons. The van der Waals surface area contributed by atoms with Crippen LogP contribution in [-0.4, -0.2) is 63.2 Å². The molecular formula is C29H39F3N6O4. The summed E-state index contributed by atoms with van der Waals surface area (Å²) >= 11 is 0. The molecule has 0 saturated carbocycles. The molecule has 0 atom stereocenters. The molecule has 1 aliphatic heterocycles. The number of aromatic nitrogens is 2. The van der Waals surface area contributed by atoms with E-state index in [2.05, 4.69) is 15.3 Å². The molecule has 0 spiro atoms. The van der Waals surface area contributed by atoms with Gasteiger partial charge in [-0.2, -0.15) is 18.3 Å². The molecule has 4 rings (SSSR count). The summed E-state index contributed by atoms with van der Waals surface area (Å²) in [4.78, 5) is 38.5. The van der Waals surface area contributed by atoms with Gasteiger partial charge in [0.15, 0.2) is 11.5 Å². The van der Waals surface area contributed by atoms with Crippen molar-refractivity contribution in [3.05, 3.63) is 40.7 Å². The van der Waals surface area contributed by atoms with Crippen molar-refractivity contribution in [1.29, 1.82) is 0 Å². The van der Waals surface area contributed by atoms with Gasteiger partial charge in [0.2, 0.25) is 5.91 Å². The fraction of sp³-hybridized carbons (Fsp3) is 0.586. The molecule has 1 fully saturated rings. The van der Waals surface area contributed by atoms with E-state index in [0.29, 0.717) is 17.8 Å². The minimum Gasteiger partial charge on any atom is -0.382 e. The third-order valence-corrected chi connectivity index (χ3v) is 8.03. The monoisotopic (exact) mass is 592 g/mol. The maximum atomic E-state index is 13.9. The quantitative estimate of drug-likeness (QED) is 0.171. The number of rotatable bonds is 11. The van der Waals surface area contributed by atoms with Gasteiger partial charge in [0, 0.05) is 37.7 Å². The number of nitrogens with one attached hydrogen (secondary N) is 2. The maximum absolute atomic E-state index is 13.9. The number of carbonyl (C=O) groups excluding carboxylic acids is 3. The zero-order valence-electron chi connectivity index (χ0n) is 24.0. The summed E-state index contributed by atoms with van der Waals surface area (Å²) in [6, 6.07) is 4.60. The third-order valence-electron chi connectivity index (χ3n) is 8.03. The van der Waals surface area contributed by atoms with E-state index in [-0.39, 0.29) is 41.6 Å². The van der Waals surface area contributed by atoms with Gasteiger partial charge >= 0.3 is 6.18 Å². The maximum Gasteiger partial charge on any atom is 0.435 e. The van der Waals surface area contributed by atoms with Gasteiger partial charge in [-0.15, -0.1) is 0 Å². The molecule has 1 aromatic carbocycles. The lowest BCUT2D eigenvalue weighted by Gasteiger charge is -2.33. The van der Waals surface area contributed by atoms with Crippen molar-refractivity contribution < 1.29 is 32.8 Å². The highest BCUT2D eigenvalue weighted by Gasteiger charge is 2.45. The van der Waals surface area contributed by atoms with Crippen molar-refractivity contribution in [1.82, 2.24) is 20.2 Å². The molecule has 2 heterocycles. The first-order valence-corrected chi connectivity index (χ1v) is 14.4. The molecule has 2 amide bonds. The Bertz CT molecular complexity index is 1320. The number of fused-ring (bicyclic) bond motifs is 1. The normalized spacial score (nSPS) is 17.6. The van der Waals surface area contributed by atoms with Crippen LogP contribution in [0, 0.1) is 5.41 Å². The number of unbranched alkanes of at least 4 members (excludes halogenated alkanes) is 3. The van der Waals surface area contributed by atoms with Crippen LogP contribution in [0.15, 0.2) is 18.2 Å². The van der Waals surface area contributed by atoms with Gasteiger partial charge in [0.1, 0.15) is 0 Å². The van der Waals surface area contributed by atoms with E-state index in [1.807, 2.05) is 13.8 Å². The number of nitrogens with two attached hydrogens (primary N) is 1. The molecule has 0 bridgehead atoms. The summed E-state index contributed by atoms with van der Waals surface area (Å²) in [6.07, 6.45) is 1.00. The summed E-state index contributed by atoms with van der Waals surface area (Å²) < 4.78 is 42.9. The van der Waals surface area contributed by atoms with Crippen LogP contribution in [0.2, 0.25) is 0 Å². The zero-order valence-corrected chi connectivity index (χ0v) is 24.0. The van der Waals surface area contributed by atoms with Crippen molar-refractivity contribution >= 4 is 23.3 Å². The van der Waals surface area contributed by atoms with Crippen LogP contribution in [0.1, 0.15) is 97.3 Å². The second-order valence-corrected chi connectivity index (χ2v) is 12.1. The van der Waals surface area contributed by atoms with E-state index in [1.54, 1.807) is 11.5 Å². The van der Waals surface area contributed by atoms with Crippen molar-refractivity contribution in [2.75, 3.05) is 25.0 Å². The van der Waals surface area contributed by atoms with Gasteiger partial charge in [0.25, 0.3) is 5.91 Å². The average Bonchev–Trinajstić information content (AvgIpc) is 3.30. The average molecular weight is 593 g/mol. The lowest BCUT2D eigenvalue weighted by atomic mass is 9.75. The third kappa shape index (κ3) is 7.49. The minimum atomic E-state index is -4.79. The summed E-state index contributed by atoms with van der Waals surface area (Å²) in [5.41, 5.74) is 6.36. The van der Waals surface area contributed by atoms with Crippen molar-refractivity contribution in [3.8, 4) is 5.69 Å². The molecule has 1 aromatic heterocycles. The number of piperidine rings is 1. The molecule has 13 heteroatoms. The lowest BCUT2D eigenvalue weighted by molar-refractivity contribution is -0.141. The Balaban J connectivity index is 1.46. The lowest BCUT2D eigenvalue weighted by Crippen LogP contribution is -2.39. The first-order valence-electron chi connectivity index (χ1n) is 14.4. The van der Waals surface area contributed by atoms with E-state index < -0.39 is 29.0 Å². The summed E-state index contributed by atoms with van der Waals surface area (Å²) in [5.74, 6) is -1.61. The number of amides is 2. The Morgan fingerprint density at radius 1 is 1.12 bits per heavy atom. The highest BCUT2D eigenvalue weighted by Crippen LogP contribution is 2.42. The van der Waals surface area contributed by atoms with Gasteiger partial charge in [-0.25, -0.2) is 10.2 Å². The van der Waals surface area contributed by atoms with E-state index >= 15 is 0 Å². The second-order valence-electron chi connectivity index (χ2n) is 12.1. The van der Waals surface area contributed by atoms with Crippen LogP contribution in [0.3, 0.4) is 0 Å². The molecule has 2 aliphatic rings. The highest BCUT2D eigenvalue weighted by molar-refractivity contribution is 6.00. The Morgan fingerprint density at radius 2 is 1.81 bits per heavy atom. The Hall–Kier alpha value is -3.45. The molecule has 0 unspecified atom stereocenters. The minimum absolute atomic E-state index is 0.00421. The molecule has 42 heavy (non-hydrogen) atoms. The Kier molecular flexibility index (Phi) is 9.61. The van der Waals surface area contributed by atoms with Crippen molar-refractivity contribution in [3.63, 3.8) is 0 Å². The fourth-order valence-electron chi connectivity index (χ4n) is 5.91. The van der Waals surface area contributed by atoms with Crippen LogP contribution >= 0.6 is 0 Å². The molecular weight excluding hydrogens is 553 g/mol. The number of Topliss-reactive ketones (excluding diaryl/α,β-unsaturated/α-hetero) is 1. The van der Waals surface area contributed by atoms with E-state index in [0.717, 1.165) is 58.2 Å². The molecule has 2 aromatic rings. The van der Waals surface area contributed by atoms with Crippen LogP contribution in [-0.2, 0) is 17.4 Å². The SMILES string of the molecule is CC1(C)CC(=O)c2c(C(F)(F)F)nn(-c3ccc(C(N)=O)c(NC4CCN(CCCCCCC(=O)NO)CC4)c3)c2C1. The number of ketones is 1. The summed E-state index contributed by atoms with van der Waals surface area (Å²) in [7, 11) is 0. The van der Waals surface area contributed by atoms with Gasteiger partial charge in [-0.05, 0) is 62.3 Å². The smallest absolute Gasteiger partial charge is 0.382 e. The largest absolute Gasteiger partial charge is 0.435 e. The molecule has 5 N–H and O–H groups in total. The van der Waals surface area contributed by atoms with Crippen LogP contribution in [0.5, 0.6) is 0 Å². The number of nitrogens with zero attached hydrogens (tertiary/aromatic N) is 3. The van der Waals surface area contributed by atoms with Gasteiger partial charge in [-0.3, -0.25) is 19.6 Å². The van der Waals surface area contributed by atoms with E-state index in [9.17, 15) is 27.6 Å².